The van der Waals surface area contributed by atoms with Gasteiger partial charge in [0.1, 0.15) is 5.82 Å². The summed E-state index contributed by atoms with van der Waals surface area (Å²) in [5.74, 6) is -0.863. The van der Waals surface area contributed by atoms with Crippen molar-refractivity contribution in [3.8, 4) is 11.1 Å². The van der Waals surface area contributed by atoms with Gasteiger partial charge in [0.25, 0.3) is 5.91 Å². The molecule has 0 spiro atoms. The Hall–Kier alpha value is -2.25. The standard InChI is InChI=1S/C20H23FN2O3S/c1-27(25,26)22-13-15-6-5-11-23(14-15)20(24)18-10-9-17(12-19(18)21)16-7-3-2-4-8-16/h2-4,7-10,12,15,22H,5-6,11,13-14H2,1H3/t15-/m1/s1. The Morgan fingerprint density at radius 3 is 2.59 bits per heavy atom. The van der Waals surface area contributed by atoms with E-state index >= 15 is 0 Å². The highest BCUT2D eigenvalue weighted by Crippen LogP contribution is 2.24. The molecule has 1 N–H and O–H groups in total. The molecule has 1 aliphatic heterocycles. The second kappa shape index (κ2) is 8.19. The van der Waals surface area contributed by atoms with Gasteiger partial charge in [0, 0.05) is 19.6 Å². The molecule has 0 unspecified atom stereocenters. The van der Waals surface area contributed by atoms with Gasteiger partial charge in [0.05, 0.1) is 11.8 Å². The summed E-state index contributed by atoms with van der Waals surface area (Å²) in [4.78, 5) is 14.4. The fourth-order valence-corrected chi connectivity index (χ4v) is 3.89. The third kappa shape index (κ3) is 5.14. The zero-order chi connectivity index (χ0) is 19.4. The molecule has 0 radical (unpaired) electrons. The zero-order valence-corrected chi connectivity index (χ0v) is 16.0. The largest absolute Gasteiger partial charge is 0.338 e. The Morgan fingerprint density at radius 1 is 1.19 bits per heavy atom. The van der Waals surface area contributed by atoms with Crippen molar-refractivity contribution in [3.05, 3.63) is 59.9 Å². The lowest BCUT2D eigenvalue weighted by Gasteiger charge is -2.33. The number of rotatable bonds is 5. The summed E-state index contributed by atoms with van der Waals surface area (Å²) in [6.07, 6.45) is 2.72. The number of piperidine rings is 1. The van der Waals surface area contributed by atoms with Crippen LogP contribution in [0.4, 0.5) is 4.39 Å². The van der Waals surface area contributed by atoms with Crippen molar-refractivity contribution >= 4 is 15.9 Å². The predicted molar refractivity (Wildman–Crippen MR) is 103 cm³/mol. The van der Waals surface area contributed by atoms with Gasteiger partial charge in [0.15, 0.2) is 0 Å². The van der Waals surface area contributed by atoms with E-state index < -0.39 is 15.8 Å². The fourth-order valence-electron chi connectivity index (χ4n) is 3.35. The first kappa shape index (κ1) is 19.5. The molecule has 0 bridgehead atoms. The maximum Gasteiger partial charge on any atom is 0.256 e. The van der Waals surface area contributed by atoms with Crippen LogP contribution in [0.25, 0.3) is 11.1 Å². The van der Waals surface area contributed by atoms with Crippen LogP contribution in [0.3, 0.4) is 0 Å². The molecular formula is C20H23FN2O3S. The van der Waals surface area contributed by atoms with Crippen LogP contribution in [0.5, 0.6) is 0 Å². The Morgan fingerprint density at radius 2 is 1.93 bits per heavy atom. The van der Waals surface area contributed by atoms with Gasteiger partial charge in [-0.15, -0.1) is 0 Å². The van der Waals surface area contributed by atoms with E-state index in [-0.39, 0.29) is 23.9 Å². The Balaban J connectivity index is 1.71. The van der Waals surface area contributed by atoms with Gasteiger partial charge >= 0.3 is 0 Å². The molecule has 7 heteroatoms. The molecule has 1 aliphatic rings. The van der Waals surface area contributed by atoms with Crippen molar-refractivity contribution in [3.63, 3.8) is 0 Å². The van der Waals surface area contributed by atoms with E-state index in [1.54, 1.807) is 11.0 Å². The lowest BCUT2D eigenvalue weighted by molar-refractivity contribution is 0.0671. The third-order valence-electron chi connectivity index (χ3n) is 4.75. The lowest BCUT2D eigenvalue weighted by Crippen LogP contribution is -2.43. The molecule has 1 saturated heterocycles. The van der Waals surface area contributed by atoms with Crippen LogP contribution in [0.1, 0.15) is 23.2 Å². The minimum Gasteiger partial charge on any atom is -0.338 e. The van der Waals surface area contributed by atoms with E-state index in [2.05, 4.69) is 4.72 Å². The highest BCUT2D eigenvalue weighted by atomic mass is 32.2. The van der Waals surface area contributed by atoms with Crippen LogP contribution in [-0.4, -0.2) is 45.1 Å². The fraction of sp³-hybridized carbons (Fsp3) is 0.350. The molecule has 2 aromatic carbocycles. The number of carbonyl (C=O) groups is 1. The van der Waals surface area contributed by atoms with E-state index in [9.17, 15) is 17.6 Å². The molecule has 5 nitrogen and oxygen atoms in total. The molecule has 3 rings (SSSR count). The maximum absolute atomic E-state index is 14.6. The molecule has 0 aliphatic carbocycles. The first-order chi connectivity index (χ1) is 12.8. The van der Waals surface area contributed by atoms with Crippen LogP contribution >= 0.6 is 0 Å². The van der Waals surface area contributed by atoms with Gasteiger partial charge in [-0.2, -0.15) is 0 Å². The number of benzene rings is 2. The average Bonchev–Trinajstić information content (AvgIpc) is 2.66. The topological polar surface area (TPSA) is 66.5 Å². The normalized spacial score (nSPS) is 17.7. The van der Waals surface area contributed by atoms with E-state index in [4.69, 9.17) is 0 Å². The number of nitrogens with zero attached hydrogens (tertiary/aromatic N) is 1. The number of likely N-dealkylation sites (tertiary alicyclic amines) is 1. The van der Waals surface area contributed by atoms with Gasteiger partial charge in [-0.3, -0.25) is 4.79 Å². The molecule has 1 fully saturated rings. The van der Waals surface area contributed by atoms with Gasteiger partial charge in [-0.25, -0.2) is 17.5 Å². The average molecular weight is 390 g/mol. The monoisotopic (exact) mass is 390 g/mol. The second-order valence-electron chi connectivity index (χ2n) is 6.94. The first-order valence-corrected chi connectivity index (χ1v) is 10.8. The maximum atomic E-state index is 14.6. The predicted octanol–water partition coefficient (Wildman–Crippen LogP) is 2.89. The van der Waals surface area contributed by atoms with Gasteiger partial charge in [0.2, 0.25) is 10.0 Å². The summed E-state index contributed by atoms with van der Waals surface area (Å²) < 4.78 is 39.6. The van der Waals surface area contributed by atoms with Crippen molar-refractivity contribution in [2.45, 2.75) is 12.8 Å². The number of carbonyl (C=O) groups excluding carboxylic acids is 1. The number of halogens is 1. The Labute approximate surface area is 159 Å². The quantitative estimate of drug-likeness (QED) is 0.854. The van der Waals surface area contributed by atoms with Crippen LogP contribution < -0.4 is 4.72 Å². The molecule has 1 amide bonds. The highest BCUT2D eigenvalue weighted by Gasteiger charge is 2.26. The first-order valence-electron chi connectivity index (χ1n) is 8.92. The summed E-state index contributed by atoms with van der Waals surface area (Å²) >= 11 is 0. The van der Waals surface area contributed by atoms with Crippen molar-refractivity contribution in [2.75, 3.05) is 25.9 Å². The summed E-state index contributed by atoms with van der Waals surface area (Å²) in [7, 11) is -3.26. The Bertz CT molecular complexity index is 916. The number of nitrogens with one attached hydrogen (secondary N) is 1. The summed E-state index contributed by atoms with van der Waals surface area (Å²) in [6.45, 7) is 1.26. The molecule has 144 valence electrons. The van der Waals surface area contributed by atoms with Crippen LogP contribution in [0, 0.1) is 11.7 Å². The number of hydrogen-bond donors (Lipinski definition) is 1. The molecule has 1 heterocycles. The summed E-state index contributed by atoms with van der Waals surface area (Å²) in [6, 6.07) is 14.1. The Kier molecular flexibility index (Phi) is 5.92. The minimum absolute atomic E-state index is 0.0316. The van der Waals surface area contributed by atoms with Crippen molar-refractivity contribution in [1.29, 1.82) is 0 Å². The molecule has 1 atom stereocenters. The van der Waals surface area contributed by atoms with Gasteiger partial charge < -0.3 is 4.90 Å². The lowest BCUT2D eigenvalue weighted by atomic mass is 9.97. The minimum atomic E-state index is -3.26. The molecule has 2 aromatic rings. The van der Waals surface area contributed by atoms with Crippen molar-refractivity contribution in [1.82, 2.24) is 9.62 Å². The van der Waals surface area contributed by atoms with E-state index in [1.165, 1.54) is 12.1 Å². The zero-order valence-electron chi connectivity index (χ0n) is 15.2. The smallest absolute Gasteiger partial charge is 0.256 e. The van der Waals surface area contributed by atoms with Crippen LogP contribution in [-0.2, 0) is 10.0 Å². The molecular weight excluding hydrogens is 367 g/mol. The van der Waals surface area contributed by atoms with E-state index in [0.29, 0.717) is 13.1 Å². The summed E-state index contributed by atoms with van der Waals surface area (Å²) in [5, 5.41) is 0. The SMILES string of the molecule is CS(=O)(=O)NC[C@H]1CCCN(C(=O)c2ccc(-c3ccccc3)cc2F)C1. The summed E-state index contributed by atoms with van der Waals surface area (Å²) in [5.41, 5.74) is 1.66. The molecule has 0 saturated carbocycles. The molecule has 27 heavy (non-hydrogen) atoms. The van der Waals surface area contributed by atoms with E-state index in [0.717, 1.165) is 30.2 Å². The number of hydrogen-bond acceptors (Lipinski definition) is 3. The van der Waals surface area contributed by atoms with E-state index in [1.807, 2.05) is 30.3 Å². The highest BCUT2D eigenvalue weighted by molar-refractivity contribution is 7.88. The van der Waals surface area contributed by atoms with Gasteiger partial charge in [-0.1, -0.05) is 36.4 Å². The number of amides is 1. The van der Waals surface area contributed by atoms with Crippen LogP contribution in [0.15, 0.2) is 48.5 Å². The van der Waals surface area contributed by atoms with Crippen LogP contribution in [0.2, 0.25) is 0 Å². The van der Waals surface area contributed by atoms with Crippen molar-refractivity contribution in [2.24, 2.45) is 5.92 Å². The van der Waals surface area contributed by atoms with Gasteiger partial charge in [-0.05, 0) is 42.0 Å². The third-order valence-corrected chi connectivity index (χ3v) is 5.44. The molecule has 0 aromatic heterocycles. The number of sulfonamides is 1. The second-order valence-corrected chi connectivity index (χ2v) is 8.77. The van der Waals surface area contributed by atoms with Crippen molar-refractivity contribution < 1.29 is 17.6 Å².